The molecule has 8 heteroatoms. The minimum absolute atomic E-state index is 0.0520. The van der Waals surface area contributed by atoms with Crippen LogP contribution in [0.15, 0.2) is 30.3 Å². The Kier molecular flexibility index (Phi) is 6.76. The maximum Gasteiger partial charge on any atom is 0.230 e. The van der Waals surface area contributed by atoms with Gasteiger partial charge in [-0.25, -0.2) is 4.98 Å². The fourth-order valence-electron chi connectivity index (χ4n) is 3.13. The first kappa shape index (κ1) is 20.0. The number of H-pyrrole nitrogens is 1. The highest BCUT2D eigenvalue weighted by atomic mass is 16.5. The van der Waals surface area contributed by atoms with E-state index in [-0.39, 0.29) is 30.2 Å². The molecule has 1 atom stereocenters. The van der Waals surface area contributed by atoms with Crippen molar-refractivity contribution in [1.82, 2.24) is 25.4 Å². The molecular formula is C20H27N5O3. The monoisotopic (exact) mass is 385 g/mol. The molecule has 1 unspecified atom stereocenters. The van der Waals surface area contributed by atoms with Crippen LogP contribution in [0.5, 0.6) is 0 Å². The summed E-state index contributed by atoms with van der Waals surface area (Å²) in [4.78, 5) is 31.1. The van der Waals surface area contributed by atoms with Crippen molar-refractivity contribution >= 4 is 11.8 Å². The van der Waals surface area contributed by atoms with Gasteiger partial charge in [0.1, 0.15) is 5.82 Å². The zero-order valence-corrected chi connectivity index (χ0v) is 16.4. The number of nitrogens with zero attached hydrogens (tertiary/aromatic N) is 3. The van der Waals surface area contributed by atoms with Crippen LogP contribution in [0.25, 0.3) is 0 Å². The molecule has 2 amide bonds. The number of nitrogens with one attached hydrogen (secondary N) is 2. The van der Waals surface area contributed by atoms with Crippen molar-refractivity contribution in [2.24, 2.45) is 5.92 Å². The number of carbonyl (C=O) groups excluding carboxylic acids is 2. The van der Waals surface area contributed by atoms with Gasteiger partial charge in [-0.3, -0.25) is 14.7 Å². The minimum atomic E-state index is -0.366. The molecule has 2 heterocycles. The van der Waals surface area contributed by atoms with Crippen molar-refractivity contribution in [2.75, 3.05) is 26.3 Å². The Balaban J connectivity index is 1.58. The lowest BCUT2D eigenvalue weighted by Gasteiger charge is -2.23. The SMILES string of the molecule is CC(C)NC(=O)C1COCCN(C(=O)Cc2n[nH]c(Cc3ccccc3)n2)C1. The molecule has 3 rings (SSSR count). The van der Waals surface area contributed by atoms with Gasteiger partial charge in [-0.1, -0.05) is 30.3 Å². The van der Waals surface area contributed by atoms with Crippen LogP contribution in [0.3, 0.4) is 0 Å². The average Bonchev–Trinajstić information content (AvgIpc) is 2.94. The molecule has 2 N–H and O–H groups in total. The fraction of sp³-hybridized carbons (Fsp3) is 0.500. The topological polar surface area (TPSA) is 100 Å². The van der Waals surface area contributed by atoms with Crippen LogP contribution in [0, 0.1) is 5.92 Å². The summed E-state index contributed by atoms with van der Waals surface area (Å²) in [6.45, 7) is 5.38. The highest BCUT2D eigenvalue weighted by Gasteiger charge is 2.28. The van der Waals surface area contributed by atoms with E-state index in [0.29, 0.717) is 38.5 Å². The Morgan fingerprint density at radius 3 is 2.86 bits per heavy atom. The molecule has 1 aromatic heterocycles. The second-order valence-electron chi connectivity index (χ2n) is 7.31. The summed E-state index contributed by atoms with van der Waals surface area (Å²) >= 11 is 0. The maximum absolute atomic E-state index is 12.7. The third-order valence-electron chi connectivity index (χ3n) is 4.52. The van der Waals surface area contributed by atoms with Gasteiger partial charge in [-0.05, 0) is 19.4 Å². The Labute approximate surface area is 164 Å². The van der Waals surface area contributed by atoms with E-state index in [0.717, 1.165) is 11.4 Å². The summed E-state index contributed by atoms with van der Waals surface area (Å²) in [5.41, 5.74) is 1.13. The van der Waals surface area contributed by atoms with Crippen LogP contribution in [-0.2, 0) is 27.2 Å². The van der Waals surface area contributed by atoms with Crippen molar-refractivity contribution in [3.05, 3.63) is 47.5 Å². The number of rotatable bonds is 6. The molecule has 2 aromatic rings. The molecule has 0 saturated carbocycles. The van der Waals surface area contributed by atoms with Gasteiger partial charge in [-0.15, -0.1) is 0 Å². The van der Waals surface area contributed by atoms with Gasteiger partial charge < -0.3 is 15.0 Å². The van der Waals surface area contributed by atoms with Gasteiger partial charge in [0.15, 0.2) is 5.82 Å². The first-order valence-corrected chi connectivity index (χ1v) is 9.61. The quantitative estimate of drug-likeness (QED) is 0.771. The molecule has 1 aliphatic rings. The summed E-state index contributed by atoms with van der Waals surface area (Å²) in [7, 11) is 0. The molecule has 8 nitrogen and oxygen atoms in total. The van der Waals surface area contributed by atoms with E-state index in [4.69, 9.17) is 4.74 Å². The lowest BCUT2D eigenvalue weighted by Crippen LogP contribution is -2.44. The molecule has 1 fully saturated rings. The van der Waals surface area contributed by atoms with Crippen LogP contribution in [0.1, 0.15) is 31.1 Å². The van der Waals surface area contributed by atoms with Crippen LogP contribution in [0.2, 0.25) is 0 Å². The predicted molar refractivity (Wildman–Crippen MR) is 104 cm³/mol. The van der Waals surface area contributed by atoms with Crippen LogP contribution >= 0.6 is 0 Å². The zero-order valence-electron chi connectivity index (χ0n) is 16.4. The zero-order chi connectivity index (χ0) is 19.9. The number of aromatic amines is 1. The summed E-state index contributed by atoms with van der Waals surface area (Å²) < 4.78 is 5.52. The molecule has 0 radical (unpaired) electrons. The fourth-order valence-corrected chi connectivity index (χ4v) is 3.13. The number of carbonyl (C=O) groups is 2. The molecule has 0 aliphatic carbocycles. The highest BCUT2D eigenvalue weighted by Crippen LogP contribution is 2.11. The van der Waals surface area contributed by atoms with E-state index in [9.17, 15) is 9.59 Å². The second kappa shape index (κ2) is 9.45. The Morgan fingerprint density at radius 2 is 2.11 bits per heavy atom. The molecule has 28 heavy (non-hydrogen) atoms. The molecule has 0 spiro atoms. The molecule has 1 saturated heterocycles. The molecule has 150 valence electrons. The van der Waals surface area contributed by atoms with Gasteiger partial charge >= 0.3 is 0 Å². The molecule has 0 bridgehead atoms. The van der Waals surface area contributed by atoms with Crippen molar-refractivity contribution < 1.29 is 14.3 Å². The summed E-state index contributed by atoms with van der Waals surface area (Å²) in [6.07, 6.45) is 0.737. The normalized spacial score (nSPS) is 17.4. The van der Waals surface area contributed by atoms with Gasteiger partial charge in [-0.2, -0.15) is 5.10 Å². The van der Waals surface area contributed by atoms with Gasteiger partial charge in [0, 0.05) is 25.6 Å². The number of ether oxygens (including phenoxy) is 1. The van der Waals surface area contributed by atoms with Crippen LogP contribution < -0.4 is 5.32 Å². The highest BCUT2D eigenvalue weighted by molar-refractivity contribution is 5.82. The maximum atomic E-state index is 12.7. The number of benzene rings is 1. The Morgan fingerprint density at radius 1 is 1.32 bits per heavy atom. The van der Waals surface area contributed by atoms with Crippen molar-refractivity contribution in [3.63, 3.8) is 0 Å². The number of hydrogen-bond acceptors (Lipinski definition) is 5. The average molecular weight is 385 g/mol. The van der Waals surface area contributed by atoms with E-state index in [2.05, 4.69) is 20.5 Å². The predicted octanol–water partition coefficient (Wildman–Crippen LogP) is 0.938. The van der Waals surface area contributed by atoms with E-state index in [1.165, 1.54) is 0 Å². The number of aromatic nitrogens is 3. The Bertz CT molecular complexity index is 790. The largest absolute Gasteiger partial charge is 0.379 e. The Hall–Kier alpha value is -2.74. The van der Waals surface area contributed by atoms with E-state index in [1.807, 2.05) is 44.2 Å². The van der Waals surface area contributed by atoms with Crippen LogP contribution in [-0.4, -0.2) is 64.2 Å². The summed E-state index contributed by atoms with van der Waals surface area (Å²) in [6, 6.07) is 10.0. The van der Waals surface area contributed by atoms with Crippen molar-refractivity contribution in [3.8, 4) is 0 Å². The second-order valence-corrected chi connectivity index (χ2v) is 7.31. The third kappa shape index (κ3) is 5.63. The summed E-state index contributed by atoms with van der Waals surface area (Å²) in [5.74, 6) is 0.636. The molecule has 1 aromatic carbocycles. The first-order valence-electron chi connectivity index (χ1n) is 9.61. The van der Waals surface area contributed by atoms with Crippen LogP contribution in [0.4, 0.5) is 0 Å². The minimum Gasteiger partial charge on any atom is -0.379 e. The third-order valence-corrected chi connectivity index (χ3v) is 4.52. The molecular weight excluding hydrogens is 358 g/mol. The number of amides is 2. The van der Waals surface area contributed by atoms with Crippen molar-refractivity contribution in [1.29, 1.82) is 0 Å². The molecule has 1 aliphatic heterocycles. The van der Waals surface area contributed by atoms with E-state index in [1.54, 1.807) is 4.90 Å². The first-order chi connectivity index (χ1) is 13.5. The van der Waals surface area contributed by atoms with Gasteiger partial charge in [0.2, 0.25) is 11.8 Å². The van der Waals surface area contributed by atoms with Crippen molar-refractivity contribution in [2.45, 2.75) is 32.7 Å². The lowest BCUT2D eigenvalue weighted by atomic mass is 10.1. The smallest absolute Gasteiger partial charge is 0.230 e. The summed E-state index contributed by atoms with van der Waals surface area (Å²) in [5, 5.41) is 9.96. The van der Waals surface area contributed by atoms with Gasteiger partial charge in [0.25, 0.3) is 0 Å². The van der Waals surface area contributed by atoms with E-state index >= 15 is 0 Å². The number of hydrogen-bond donors (Lipinski definition) is 2. The standard InChI is InChI=1S/C20H27N5O3/c1-14(2)21-20(27)16-12-25(8-9-28-13-16)19(26)11-18-22-17(23-24-18)10-15-6-4-3-5-7-15/h3-7,14,16H,8-13H2,1-2H3,(H,21,27)(H,22,23,24). The van der Waals surface area contributed by atoms with E-state index < -0.39 is 0 Å². The lowest BCUT2D eigenvalue weighted by molar-refractivity contribution is -0.132. The van der Waals surface area contributed by atoms with Gasteiger partial charge in [0.05, 0.1) is 25.6 Å².